The molecule has 0 aromatic rings. The molecule has 3 radical (unpaired) electrons. The van der Waals surface area contributed by atoms with Crippen LogP contribution in [0.15, 0.2) is 0 Å². The third-order valence-corrected chi connectivity index (χ3v) is 3.40. The number of hydrogen-bond acceptors (Lipinski definition) is 0. The van der Waals surface area contributed by atoms with E-state index in [1.807, 2.05) is 13.8 Å². The zero-order valence-corrected chi connectivity index (χ0v) is 11.0. The van der Waals surface area contributed by atoms with E-state index >= 15 is 0 Å². The summed E-state index contributed by atoms with van der Waals surface area (Å²) in [6, 6.07) is 0. The summed E-state index contributed by atoms with van der Waals surface area (Å²) in [4.78, 5) is 0. The summed E-state index contributed by atoms with van der Waals surface area (Å²) in [5.74, 6) is 3.89. The Labute approximate surface area is 93.4 Å². The minimum Gasteiger partial charge on any atom is -0.0683 e. The summed E-state index contributed by atoms with van der Waals surface area (Å²) < 4.78 is 0. The summed E-state index contributed by atoms with van der Waals surface area (Å²) in [6.45, 7) is 13.5. The Morgan fingerprint density at radius 3 is 1.21 bits per heavy atom. The molecule has 1 aliphatic carbocycles. The van der Waals surface area contributed by atoms with Crippen LogP contribution in [0.5, 0.6) is 0 Å². The topological polar surface area (TPSA) is 0 Å². The minimum atomic E-state index is 0. The fraction of sp³-hybridized carbons (Fsp3) is 1.00. The maximum atomic E-state index is 2.37. The standard InChI is InChI=1S/C11H22.C2H6.B/c1-8(2)10-5-6-11(7-10)9(3)4;1-2;/h8-11H,5-7H2,1-4H3;1-2H3;. The third-order valence-electron chi connectivity index (χ3n) is 3.40. The summed E-state index contributed by atoms with van der Waals surface area (Å²) in [5, 5.41) is 0. The predicted molar refractivity (Wildman–Crippen MR) is 67.6 cm³/mol. The van der Waals surface area contributed by atoms with E-state index in [2.05, 4.69) is 27.7 Å². The van der Waals surface area contributed by atoms with Crippen LogP contribution in [0, 0.1) is 23.7 Å². The van der Waals surface area contributed by atoms with Gasteiger partial charge >= 0.3 is 0 Å². The van der Waals surface area contributed by atoms with Gasteiger partial charge in [0, 0.05) is 8.41 Å². The van der Waals surface area contributed by atoms with E-state index in [0.29, 0.717) is 0 Å². The van der Waals surface area contributed by atoms with E-state index in [0.717, 1.165) is 23.7 Å². The second-order valence-electron chi connectivity index (χ2n) is 4.82. The molecule has 83 valence electrons. The second kappa shape index (κ2) is 8.38. The zero-order valence-electron chi connectivity index (χ0n) is 11.0. The molecule has 0 amide bonds. The van der Waals surface area contributed by atoms with Crippen LogP contribution in [0.4, 0.5) is 0 Å². The monoisotopic (exact) mass is 195 g/mol. The van der Waals surface area contributed by atoms with Crippen molar-refractivity contribution in [2.75, 3.05) is 0 Å². The molecule has 14 heavy (non-hydrogen) atoms. The largest absolute Gasteiger partial charge is 0.0683 e. The van der Waals surface area contributed by atoms with Crippen molar-refractivity contribution in [3.63, 3.8) is 0 Å². The molecule has 1 fully saturated rings. The van der Waals surface area contributed by atoms with Gasteiger partial charge < -0.3 is 0 Å². The first-order valence-electron chi connectivity index (χ1n) is 6.11. The van der Waals surface area contributed by atoms with Crippen molar-refractivity contribution < 1.29 is 0 Å². The molecule has 0 spiro atoms. The quantitative estimate of drug-likeness (QED) is 0.574. The number of hydrogen-bond donors (Lipinski definition) is 0. The molecule has 0 aliphatic heterocycles. The normalized spacial score (nSPS) is 25.7. The van der Waals surface area contributed by atoms with Gasteiger partial charge in [0.25, 0.3) is 0 Å². The highest BCUT2D eigenvalue weighted by Crippen LogP contribution is 2.38. The van der Waals surface area contributed by atoms with Crippen molar-refractivity contribution in [1.29, 1.82) is 0 Å². The lowest BCUT2D eigenvalue weighted by atomic mass is 9.89. The molecule has 1 saturated carbocycles. The SMILES string of the molecule is CC.CC(C)C1CCC(C(C)C)C1.[B]. The van der Waals surface area contributed by atoms with E-state index in [-0.39, 0.29) is 8.41 Å². The highest BCUT2D eigenvalue weighted by molar-refractivity contribution is 5.75. The number of rotatable bonds is 2. The summed E-state index contributed by atoms with van der Waals surface area (Å²) in [5.41, 5.74) is 0. The lowest BCUT2D eigenvalue weighted by molar-refractivity contribution is 0.340. The molecular formula is C13H28B. The van der Waals surface area contributed by atoms with Crippen molar-refractivity contribution in [2.24, 2.45) is 23.7 Å². The van der Waals surface area contributed by atoms with Crippen molar-refractivity contribution in [1.82, 2.24) is 0 Å². The van der Waals surface area contributed by atoms with Crippen LogP contribution in [-0.2, 0) is 0 Å². The molecule has 2 unspecified atom stereocenters. The molecule has 2 atom stereocenters. The van der Waals surface area contributed by atoms with Gasteiger partial charge in [0.2, 0.25) is 0 Å². The van der Waals surface area contributed by atoms with Gasteiger partial charge in [-0.2, -0.15) is 0 Å². The first-order chi connectivity index (χ1) is 6.11. The molecule has 0 nitrogen and oxygen atoms in total. The molecule has 0 saturated heterocycles. The fourth-order valence-corrected chi connectivity index (χ4v) is 2.26. The molecule has 0 N–H and O–H groups in total. The van der Waals surface area contributed by atoms with Crippen LogP contribution in [0.25, 0.3) is 0 Å². The van der Waals surface area contributed by atoms with Crippen LogP contribution in [-0.4, -0.2) is 8.41 Å². The zero-order chi connectivity index (χ0) is 10.4. The first-order valence-corrected chi connectivity index (χ1v) is 6.11. The van der Waals surface area contributed by atoms with Gasteiger partial charge in [0.1, 0.15) is 0 Å². The molecule has 1 aliphatic rings. The lowest BCUT2D eigenvalue weighted by Crippen LogP contribution is -2.07. The Morgan fingerprint density at radius 2 is 1.07 bits per heavy atom. The Hall–Kier alpha value is 0.0649. The molecule has 1 heteroatoms. The molecule has 0 aromatic heterocycles. The van der Waals surface area contributed by atoms with Gasteiger partial charge in [0.05, 0.1) is 0 Å². The van der Waals surface area contributed by atoms with E-state index in [9.17, 15) is 0 Å². The van der Waals surface area contributed by atoms with Crippen LogP contribution in [0.3, 0.4) is 0 Å². The van der Waals surface area contributed by atoms with E-state index in [1.165, 1.54) is 19.3 Å². The Kier molecular flexibility index (Phi) is 9.87. The van der Waals surface area contributed by atoms with E-state index in [4.69, 9.17) is 0 Å². The Balaban J connectivity index is 0. The predicted octanol–water partition coefficient (Wildman–Crippen LogP) is 4.36. The molecular weight excluding hydrogens is 167 g/mol. The highest BCUT2D eigenvalue weighted by atomic mass is 14.3. The molecule has 0 aromatic carbocycles. The summed E-state index contributed by atoms with van der Waals surface area (Å²) in [6.07, 6.45) is 4.47. The lowest BCUT2D eigenvalue weighted by Gasteiger charge is -2.16. The maximum Gasteiger partial charge on any atom is 0 e. The first kappa shape index (κ1) is 16.5. The van der Waals surface area contributed by atoms with E-state index in [1.54, 1.807) is 0 Å². The van der Waals surface area contributed by atoms with Gasteiger partial charge in [-0.25, -0.2) is 0 Å². The fourth-order valence-electron chi connectivity index (χ4n) is 2.26. The van der Waals surface area contributed by atoms with Crippen molar-refractivity contribution >= 4 is 8.41 Å². The van der Waals surface area contributed by atoms with Crippen molar-refractivity contribution in [2.45, 2.75) is 60.8 Å². The minimum absolute atomic E-state index is 0. The third kappa shape index (κ3) is 5.07. The summed E-state index contributed by atoms with van der Waals surface area (Å²) >= 11 is 0. The molecule has 1 rings (SSSR count). The van der Waals surface area contributed by atoms with Crippen LogP contribution in [0.1, 0.15) is 60.8 Å². The maximum absolute atomic E-state index is 2.37. The van der Waals surface area contributed by atoms with Gasteiger partial charge in [-0.1, -0.05) is 41.5 Å². The van der Waals surface area contributed by atoms with Crippen LogP contribution < -0.4 is 0 Å². The smallest absolute Gasteiger partial charge is 0 e. The van der Waals surface area contributed by atoms with Crippen molar-refractivity contribution in [3.8, 4) is 0 Å². The van der Waals surface area contributed by atoms with Gasteiger partial charge in [-0.05, 0) is 42.9 Å². The van der Waals surface area contributed by atoms with Crippen LogP contribution >= 0.6 is 0 Å². The van der Waals surface area contributed by atoms with Gasteiger partial charge in [-0.3, -0.25) is 0 Å². The van der Waals surface area contributed by atoms with Crippen LogP contribution in [0.2, 0.25) is 0 Å². The highest BCUT2D eigenvalue weighted by Gasteiger charge is 2.28. The average Bonchev–Trinajstić information content (AvgIpc) is 2.56. The Bertz CT molecular complexity index is 104. The van der Waals surface area contributed by atoms with E-state index < -0.39 is 0 Å². The van der Waals surface area contributed by atoms with Crippen molar-refractivity contribution in [3.05, 3.63) is 0 Å². The second-order valence-corrected chi connectivity index (χ2v) is 4.82. The molecule has 0 bridgehead atoms. The Morgan fingerprint density at radius 1 is 0.786 bits per heavy atom. The average molecular weight is 195 g/mol. The molecule has 0 heterocycles. The van der Waals surface area contributed by atoms with Gasteiger partial charge in [0.15, 0.2) is 0 Å². The van der Waals surface area contributed by atoms with Gasteiger partial charge in [-0.15, -0.1) is 0 Å². The summed E-state index contributed by atoms with van der Waals surface area (Å²) in [7, 11) is 0.